The van der Waals surface area contributed by atoms with Gasteiger partial charge in [0.1, 0.15) is 12.0 Å². The normalized spacial score (nSPS) is 16.1. The van der Waals surface area contributed by atoms with Crippen LogP contribution in [0.25, 0.3) is 0 Å². The predicted molar refractivity (Wildman–Crippen MR) is 74.3 cm³/mol. The van der Waals surface area contributed by atoms with Crippen LogP contribution in [0.3, 0.4) is 0 Å². The number of rotatable bonds is 3. The van der Waals surface area contributed by atoms with E-state index in [-0.39, 0.29) is 11.9 Å². The SMILES string of the molecule is O=C(O)c1cccn1C1CCN(C(=O)c2ccoc2)CC1. The highest BCUT2D eigenvalue weighted by Crippen LogP contribution is 2.25. The molecule has 1 amide bonds. The maximum atomic E-state index is 12.2. The van der Waals surface area contributed by atoms with E-state index in [1.807, 2.05) is 0 Å². The van der Waals surface area contributed by atoms with E-state index in [0.29, 0.717) is 24.3 Å². The van der Waals surface area contributed by atoms with Gasteiger partial charge in [-0.25, -0.2) is 4.79 Å². The van der Waals surface area contributed by atoms with E-state index < -0.39 is 5.97 Å². The Bertz CT molecular complexity index is 636. The number of carbonyl (C=O) groups is 2. The number of nitrogens with zero attached hydrogens (tertiary/aromatic N) is 2. The van der Waals surface area contributed by atoms with Crippen molar-refractivity contribution in [2.45, 2.75) is 18.9 Å². The van der Waals surface area contributed by atoms with Crippen LogP contribution in [-0.2, 0) is 0 Å². The van der Waals surface area contributed by atoms with E-state index >= 15 is 0 Å². The number of likely N-dealkylation sites (tertiary alicyclic amines) is 1. The highest BCUT2D eigenvalue weighted by Gasteiger charge is 2.26. The molecule has 0 radical (unpaired) electrons. The highest BCUT2D eigenvalue weighted by molar-refractivity contribution is 5.93. The Morgan fingerprint density at radius 3 is 2.62 bits per heavy atom. The summed E-state index contributed by atoms with van der Waals surface area (Å²) >= 11 is 0. The molecule has 0 spiro atoms. The zero-order valence-corrected chi connectivity index (χ0v) is 11.4. The summed E-state index contributed by atoms with van der Waals surface area (Å²) in [7, 11) is 0. The van der Waals surface area contributed by atoms with Gasteiger partial charge in [0.25, 0.3) is 5.91 Å². The molecular weight excluding hydrogens is 272 g/mol. The molecule has 0 aromatic carbocycles. The van der Waals surface area contributed by atoms with Gasteiger partial charge in [0.15, 0.2) is 0 Å². The minimum Gasteiger partial charge on any atom is -0.477 e. The summed E-state index contributed by atoms with van der Waals surface area (Å²) in [6.07, 6.45) is 6.22. The van der Waals surface area contributed by atoms with Gasteiger partial charge in [-0.05, 0) is 31.0 Å². The lowest BCUT2D eigenvalue weighted by Gasteiger charge is -2.33. The lowest BCUT2D eigenvalue weighted by molar-refractivity contribution is 0.0649. The van der Waals surface area contributed by atoms with Gasteiger partial charge in [0.05, 0.1) is 11.8 Å². The van der Waals surface area contributed by atoms with Crippen molar-refractivity contribution in [1.29, 1.82) is 0 Å². The summed E-state index contributed by atoms with van der Waals surface area (Å²) in [5.41, 5.74) is 0.857. The molecule has 2 aromatic rings. The molecule has 3 heterocycles. The monoisotopic (exact) mass is 288 g/mol. The van der Waals surface area contributed by atoms with Crippen molar-refractivity contribution in [3.8, 4) is 0 Å². The first-order chi connectivity index (χ1) is 10.2. The molecule has 0 unspecified atom stereocenters. The summed E-state index contributed by atoms with van der Waals surface area (Å²) in [4.78, 5) is 25.1. The van der Waals surface area contributed by atoms with Gasteiger partial charge in [0, 0.05) is 25.3 Å². The third-order valence-corrected chi connectivity index (χ3v) is 3.91. The summed E-state index contributed by atoms with van der Waals surface area (Å²) in [6.45, 7) is 1.23. The summed E-state index contributed by atoms with van der Waals surface area (Å²) < 4.78 is 6.73. The van der Waals surface area contributed by atoms with Gasteiger partial charge in [-0.1, -0.05) is 0 Å². The van der Waals surface area contributed by atoms with Crippen LogP contribution in [-0.4, -0.2) is 39.5 Å². The first-order valence-corrected chi connectivity index (χ1v) is 6.88. The molecule has 21 heavy (non-hydrogen) atoms. The van der Waals surface area contributed by atoms with Crippen molar-refractivity contribution < 1.29 is 19.1 Å². The number of amides is 1. The van der Waals surface area contributed by atoms with Crippen molar-refractivity contribution in [2.75, 3.05) is 13.1 Å². The maximum Gasteiger partial charge on any atom is 0.352 e. The number of aromatic carboxylic acids is 1. The molecule has 1 N–H and O–H groups in total. The minimum atomic E-state index is -0.920. The van der Waals surface area contributed by atoms with Gasteiger partial charge in [0.2, 0.25) is 0 Å². The molecule has 0 atom stereocenters. The Kier molecular flexibility index (Phi) is 3.51. The quantitative estimate of drug-likeness (QED) is 0.940. The zero-order valence-electron chi connectivity index (χ0n) is 11.4. The van der Waals surface area contributed by atoms with Gasteiger partial charge in [-0.15, -0.1) is 0 Å². The Morgan fingerprint density at radius 1 is 1.24 bits per heavy atom. The smallest absolute Gasteiger partial charge is 0.352 e. The van der Waals surface area contributed by atoms with Crippen molar-refractivity contribution >= 4 is 11.9 Å². The standard InChI is InChI=1S/C15H16N2O4/c18-14(11-5-9-21-10-11)16-7-3-12(4-8-16)17-6-1-2-13(17)15(19)20/h1-2,5-6,9-10,12H,3-4,7-8H2,(H,19,20). The first kappa shape index (κ1) is 13.5. The molecule has 0 saturated carbocycles. The number of aromatic nitrogens is 1. The molecule has 1 fully saturated rings. The van der Waals surface area contributed by atoms with E-state index in [9.17, 15) is 9.59 Å². The number of furan rings is 1. The average molecular weight is 288 g/mol. The molecule has 0 bridgehead atoms. The van der Waals surface area contributed by atoms with E-state index in [1.54, 1.807) is 33.9 Å². The number of hydrogen-bond acceptors (Lipinski definition) is 3. The Morgan fingerprint density at radius 2 is 2.00 bits per heavy atom. The van der Waals surface area contributed by atoms with E-state index in [1.165, 1.54) is 12.5 Å². The second-order valence-corrected chi connectivity index (χ2v) is 5.14. The largest absolute Gasteiger partial charge is 0.477 e. The van der Waals surface area contributed by atoms with Crippen LogP contribution in [0, 0.1) is 0 Å². The molecule has 110 valence electrons. The molecule has 6 nitrogen and oxygen atoms in total. The molecule has 3 rings (SSSR count). The lowest BCUT2D eigenvalue weighted by Crippen LogP contribution is -2.39. The summed E-state index contributed by atoms with van der Waals surface area (Å²) in [6, 6.07) is 5.13. The minimum absolute atomic E-state index is 0.0341. The lowest BCUT2D eigenvalue weighted by atomic mass is 10.0. The van der Waals surface area contributed by atoms with Gasteiger partial charge < -0.3 is 19.0 Å². The van der Waals surface area contributed by atoms with Gasteiger partial charge in [-0.3, -0.25) is 4.79 Å². The van der Waals surface area contributed by atoms with Crippen LogP contribution in [0.5, 0.6) is 0 Å². The fourth-order valence-electron chi connectivity index (χ4n) is 2.81. The fourth-order valence-corrected chi connectivity index (χ4v) is 2.81. The molecule has 6 heteroatoms. The number of piperidine rings is 1. The predicted octanol–water partition coefficient (Wildman–Crippen LogP) is 2.26. The molecule has 0 aliphatic carbocycles. The Balaban J connectivity index is 1.66. The second-order valence-electron chi connectivity index (χ2n) is 5.14. The Labute approximate surface area is 121 Å². The van der Waals surface area contributed by atoms with E-state index in [0.717, 1.165) is 12.8 Å². The summed E-state index contributed by atoms with van der Waals surface area (Å²) in [5, 5.41) is 9.15. The van der Waals surface area contributed by atoms with Gasteiger partial charge in [-0.2, -0.15) is 0 Å². The highest BCUT2D eigenvalue weighted by atomic mass is 16.4. The van der Waals surface area contributed by atoms with Crippen LogP contribution in [0.4, 0.5) is 0 Å². The van der Waals surface area contributed by atoms with Crippen molar-refractivity contribution in [3.05, 3.63) is 48.2 Å². The number of carboxylic acid groups (broad SMARTS) is 1. The van der Waals surface area contributed by atoms with Crippen LogP contribution in [0.1, 0.15) is 39.7 Å². The first-order valence-electron chi connectivity index (χ1n) is 6.88. The maximum absolute atomic E-state index is 12.2. The van der Waals surface area contributed by atoms with Gasteiger partial charge >= 0.3 is 5.97 Å². The number of hydrogen-bond donors (Lipinski definition) is 1. The third-order valence-electron chi connectivity index (χ3n) is 3.91. The van der Waals surface area contributed by atoms with E-state index in [2.05, 4.69) is 0 Å². The van der Waals surface area contributed by atoms with Crippen LogP contribution in [0.15, 0.2) is 41.3 Å². The molecule has 2 aromatic heterocycles. The van der Waals surface area contributed by atoms with Crippen LogP contribution >= 0.6 is 0 Å². The molecule has 1 aliphatic rings. The van der Waals surface area contributed by atoms with Crippen molar-refractivity contribution in [2.24, 2.45) is 0 Å². The van der Waals surface area contributed by atoms with Crippen molar-refractivity contribution in [1.82, 2.24) is 9.47 Å². The topological polar surface area (TPSA) is 75.7 Å². The third kappa shape index (κ3) is 2.56. The number of carbonyl (C=O) groups excluding carboxylic acids is 1. The van der Waals surface area contributed by atoms with Crippen LogP contribution < -0.4 is 0 Å². The molecule has 1 aliphatic heterocycles. The zero-order chi connectivity index (χ0) is 14.8. The fraction of sp³-hybridized carbons (Fsp3) is 0.333. The molecular formula is C15H16N2O4. The van der Waals surface area contributed by atoms with Crippen LogP contribution in [0.2, 0.25) is 0 Å². The van der Waals surface area contributed by atoms with E-state index in [4.69, 9.17) is 9.52 Å². The number of carboxylic acids is 1. The Hall–Kier alpha value is -2.50. The average Bonchev–Trinajstić information content (AvgIpc) is 3.18. The second kappa shape index (κ2) is 5.47. The molecule has 1 saturated heterocycles. The summed E-state index contributed by atoms with van der Waals surface area (Å²) in [5.74, 6) is -0.954. The van der Waals surface area contributed by atoms with Crippen molar-refractivity contribution in [3.63, 3.8) is 0 Å².